The van der Waals surface area contributed by atoms with Gasteiger partial charge in [0.15, 0.2) is 0 Å². The second-order valence-corrected chi connectivity index (χ2v) is 11.2. The summed E-state index contributed by atoms with van der Waals surface area (Å²) in [5.74, 6) is 0. The van der Waals surface area contributed by atoms with Gasteiger partial charge in [-0.25, -0.2) is 4.98 Å². The van der Waals surface area contributed by atoms with Gasteiger partial charge in [-0.3, -0.25) is 0 Å². The summed E-state index contributed by atoms with van der Waals surface area (Å²) in [6.45, 7) is 3.82. The van der Waals surface area contributed by atoms with Gasteiger partial charge in [0.25, 0.3) is 0 Å². The van der Waals surface area contributed by atoms with Gasteiger partial charge in [-0.15, -0.1) is 54.1 Å². The molecular formula is C40H35IrN3O-2. The summed E-state index contributed by atoms with van der Waals surface area (Å²) in [5, 5.41) is 1.32. The molecule has 0 aliphatic rings. The second kappa shape index (κ2) is 14.1. The zero-order chi connectivity index (χ0) is 36.6. The Bertz CT molecular complexity index is 2250. The van der Waals surface area contributed by atoms with Crippen LogP contribution in [0.3, 0.4) is 0 Å². The predicted molar refractivity (Wildman–Crippen MR) is 179 cm³/mol. The van der Waals surface area contributed by atoms with E-state index < -0.39 is 19.6 Å². The van der Waals surface area contributed by atoms with E-state index in [4.69, 9.17) is 14.0 Å². The van der Waals surface area contributed by atoms with Crippen molar-refractivity contribution in [1.29, 1.82) is 0 Å². The number of hydrogen-bond donors (Lipinski definition) is 0. The normalized spacial score (nSPS) is 14.3. The Morgan fingerprint density at radius 3 is 2.29 bits per heavy atom. The number of furan rings is 1. The van der Waals surface area contributed by atoms with Crippen molar-refractivity contribution in [3.05, 3.63) is 150 Å². The third-order valence-electron chi connectivity index (χ3n) is 7.07. The topological polar surface area (TPSA) is 51.8 Å². The van der Waals surface area contributed by atoms with Crippen molar-refractivity contribution in [1.82, 2.24) is 15.0 Å². The maximum atomic E-state index is 8.84. The van der Waals surface area contributed by atoms with Gasteiger partial charge in [0.1, 0.15) is 0 Å². The van der Waals surface area contributed by atoms with E-state index in [2.05, 4.69) is 47.9 Å². The number of benzene rings is 3. The van der Waals surface area contributed by atoms with Crippen LogP contribution < -0.4 is 0 Å². The molecule has 0 fully saturated rings. The molecule has 0 spiro atoms. The molecule has 7 rings (SSSR count). The first kappa shape index (κ1) is 23.9. The number of aromatic nitrogens is 3. The van der Waals surface area contributed by atoms with Gasteiger partial charge in [-0.2, -0.15) is 0 Å². The summed E-state index contributed by atoms with van der Waals surface area (Å²) >= 11 is 0. The minimum atomic E-state index is -2.40. The van der Waals surface area contributed by atoms with Gasteiger partial charge in [-0.05, 0) is 71.8 Å². The van der Waals surface area contributed by atoms with Crippen molar-refractivity contribution < 1.29 is 34.1 Å². The van der Waals surface area contributed by atoms with Crippen LogP contribution >= 0.6 is 0 Å². The first-order chi connectivity index (χ1) is 24.1. The van der Waals surface area contributed by atoms with Crippen LogP contribution in [0.1, 0.15) is 52.8 Å². The quantitative estimate of drug-likeness (QED) is 0.164. The van der Waals surface area contributed by atoms with Crippen molar-refractivity contribution in [3.8, 4) is 22.5 Å². The molecule has 45 heavy (non-hydrogen) atoms. The molecule has 0 unspecified atom stereocenters. The predicted octanol–water partition coefficient (Wildman–Crippen LogP) is 9.78. The molecule has 0 bridgehead atoms. The fourth-order valence-electron chi connectivity index (χ4n) is 4.73. The molecule has 4 aromatic heterocycles. The van der Waals surface area contributed by atoms with Crippen molar-refractivity contribution in [2.24, 2.45) is 0 Å². The largest absolute Gasteiger partial charge is 0.486 e. The molecule has 0 saturated carbocycles. The molecule has 227 valence electrons. The SMILES string of the molecule is [2H]C([2H])([2H])c1ccc2c(n1)oc1c(-c3cc(C([2H])([2H])C([2H])([2H])c4ccc(C(C)(C)C)cc4)ccn3)[c-]ccc12.[Ir].[c-]1ccccc1-c1ccccn1. The number of rotatable bonds is 5. The Morgan fingerprint density at radius 2 is 1.56 bits per heavy atom. The number of hydrogen-bond acceptors (Lipinski definition) is 4. The third-order valence-corrected chi connectivity index (χ3v) is 7.07. The van der Waals surface area contributed by atoms with E-state index in [0.29, 0.717) is 27.6 Å². The van der Waals surface area contributed by atoms with Crippen molar-refractivity contribution in [3.63, 3.8) is 0 Å². The minimum Gasteiger partial charge on any atom is -0.486 e. The van der Waals surface area contributed by atoms with Crippen LogP contribution in [0.5, 0.6) is 0 Å². The van der Waals surface area contributed by atoms with E-state index in [1.54, 1.807) is 36.5 Å². The minimum absolute atomic E-state index is 0. The van der Waals surface area contributed by atoms with Gasteiger partial charge in [0.2, 0.25) is 5.71 Å². The summed E-state index contributed by atoms with van der Waals surface area (Å²) < 4.78 is 64.1. The van der Waals surface area contributed by atoms with Crippen LogP contribution in [-0.4, -0.2) is 15.0 Å². The molecule has 1 radical (unpaired) electrons. The average molecular weight is 773 g/mol. The zero-order valence-corrected chi connectivity index (χ0v) is 27.4. The number of fused-ring (bicyclic) bond motifs is 3. The molecule has 4 heterocycles. The first-order valence-electron chi connectivity index (χ1n) is 17.8. The number of nitrogens with zero attached hydrogens (tertiary/aromatic N) is 3. The van der Waals surface area contributed by atoms with Gasteiger partial charge < -0.3 is 14.4 Å². The van der Waals surface area contributed by atoms with E-state index in [9.17, 15) is 0 Å². The van der Waals surface area contributed by atoms with Gasteiger partial charge in [0, 0.05) is 53.2 Å². The number of pyridine rings is 3. The van der Waals surface area contributed by atoms with Crippen LogP contribution in [0.15, 0.2) is 120 Å². The van der Waals surface area contributed by atoms with Crippen LogP contribution in [0, 0.1) is 19.0 Å². The van der Waals surface area contributed by atoms with E-state index in [0.717, 1.165) is 16.8 Å². The monoisotopic (exact) mass is 773 g/mol. The molecule has 0 atom stereocenters. The standard InChI is InChI=1S/C29H27N2O.C11H8N.Ir/c1-19-8-15-24-23-6-5-7-25(27(23)32-28(24)31-19)26-18-21(16-17-30-26)10-9-20-11-13-22(14-12-20)29(2,3)4;1-2-6-10(7-3-1)11-8-4-5-9-12-11;/h5-6,8,11-18H,9-10H2,1-4H3;1-6,8-9H;/q2*-1;/i1D3,9D2,10D2;;. The Kier molecular flexibility index (Phi) is 7.49. The maximum Gasteiger partial charge on any atom is 0.216 e. The van der Waals surface area contributed by atoms with Crippen molar-refractivity contribution >= 4 is 22.1 Å². The van der Waals surface area contributed by atoms with Gasteiger partial charge in [-0.1, -0.05) is 79.7 Å². The fraction of sp³-hybridized carbons (Fsp3) is 0.175. The Labute approximate surface area is 288 Å². The molecule has 4 nitrogen and oxygen atoms in total. The maximum absolute atomic E-state index is 8.84. The molecule has 7 aromatic rings. The summed E-state index contributed by atoms with van der Waals surface area (Å²) in [7, 11) is 0. The second-order valence-electron chi connectivity index (χ2n) is 11.2. The summed E-state index contributed by atoms with van der Waals surface area (Å²) in [5.41, 5.74) is 4.54. The molecule has 0 aliphatic heterocycles. The van der Waals surface area contributed by atoms with Crippen molar-refractivity contribution in [2.75, 3.05) is 0 Å². The Balaban J connectivity index is 0.000000339. The summed E-state index contributed by atoms with van der Waals surface area (Å²) in [6, 6.07) is 36.4. The molecule has 3 aromatic carbocycles. The molecule has 5 heteroatoms. The number of aryl methyl sites for hydroxylation is 3. The van der Waals surface area contributed by atoms with E-state index in [1.807, 2.05) is 54.6 Å². The Hall–Kier alpha value is -4.44. The van der Waals surface area contributed by atoms with Gasteiger partial charge >= 0.3 is 0 Å². The molecular weight excluding hydrogens is 731 g/mol. The van der Waals surface area contributed by atoms with E-state index in [-0.39, 0.29) is 48.1 Å². The average Bonchev–Trinajstić information content (AvgIpc) is 3.50. The van der Waals surface area contributed by atoms with E-state index >= 15 is 0 Å². The summed E-state index contributed by atoms with van der Waals surface area (Å²) in [6.07, 6.45) is -1.52. The third kappa shape index (κ3) is 7.62. The van der Waals surface area contributed by atoms with Gasteiger partial charge in [0.05, 0.1) is 5.58 Å². The van der Waals surface area contributed by atoms with Crippen LogP contribution in [0.4, 0.5) is 0 Å². The van der Waals surface area contributed by atoms with E-state index in [1.165, 1.54) is 24.4 Å². The summed E-state index contributed by atoms with van der Waals surface area (Å²) in [4.78, 5) is 12.8. The fourth-order valence-corrected chi connectivity index (χ4v) is 4.73. The molecule has 0 aliphatic carbocycles. The Morgan fingerprint density at radius 1 is 0.756 bits per heavy atom. The molecule has 0 N–H and O–H groups in total. The van der Waals surface area contributed by atoms with Crippen LogP contribution in [0.2, 0.25) is 0 Å². The van der Waals surface area contributed by atoms with Crippen LogP contribution in [-0.2, 0) is 38.3 Å². The van der Waals surface area contributed by atoms with Crippen LogP contribution in [0.25, 0.3) is 44.6 Å². The smallest absolute Gasteiger partial charge is 0.216 e. The molecule has 0 amide bonds. The molecule has 0 saturated heterocycles. The zero-order valence-electron chi connectivity index (χ0n) is 32.1. The first-order valence-corrected chi connectivity index (χ1v) is 14.3. The van der Waals surface area contributed by atoms with Crippen molar-refractivity contribution in [2.45, 2.75) is 45.8 Å².